The topological polar surface area (TPSA) is 58.4 Å². The number of likely N-dealkylation sites (tertiary alicyclic amines) is 1. The molecule has 1 aromatic carbocycles. The summed E-state index contributed by atoms with van der Waals surface area (Å²) >= 11 is 0. The highest BCUT2D eigenvalue weighted by Crippen LogP contribution is 2.22. The molecule has 0 aliphatic carbocycles. The number of piperidine rings is 1. The highest BCUT2D eigenvalue weighted by Gasteiger charge is 2.23. The number of hydrogen-bond acceptors (Lipinski definition) is 4. The first-order chi connectivity index (χ1) is 13.1. The largest absolute Gasteiger partial charge is 0.456 e. The lowest BCUT2D eigenvalue weighted by atomic mass is 10.0. The maximum absolute atomic E-state index is 14.0. The average molecular weight is 367 g/mol. The van der Waals surface area contributed by atoms with Crippen molar-refractivity contribution in [2.24, 2.45) is 0 Å². The van der Waals surface area contributed by atoms with E-state index in [-0.39, 0.29) is 17.8 Å². The van der Waals surface area contributed by atoms with Crippen LogP contribution in [0.5, 0.6) is 0 Å². The third-order valence-corrected chi connectivity index (χ3v) is 5.08. The van der Waals surface area contributed by atoms with E-state index in [1.54, 1.807) is 30.5 Å². The van der Waals surface area contributed by atoms with Gasteiger partial charge in [-0.3, -0.25) is 14.7 Å². The summed E-state index contributed by atoms with van der Waals surface area (Å²) in [7, 11) is 0. The zero-order valence-corrected chi connectivity index (χ0v) is 15.2. The molecule has 0 atom stereocenters. The first-order valence-electron chi connectivity index (χ1n) is 9.22. The Labute approximate surface area is 157 Å². The number of benzene rings is 1. The van der Waals surface area contributed by atoms with Crippen molar-refractivity contribution >= 4 is 16.8 Å². The van der Waals surface area contributed by atoms with Gasteiger partial charge in [-0.15, -0.1) is 0 Å². The number of nitrogens with one attached hydrogen (secondary N) is 1. The molecule has 1 aliphatic heterocycles. The highest BCUT2D eigenvalue weighted by molar-refractivity contribution is 5.91. The Morgan fingerprint density at radius 1 is 1.26 bits per heavy atom. The van der Waals surface area contributed by atoms with Crippen molar-refractivity contribution in [1.29, 1.82) is 0 Å². The lowest BCUT2D eigenvalue weighted by molar-refractivity contribution is 0.0880. The van der Waals surface area contributed by atoms with Gasteiger partial charge in [0.25, 0.3) is 5.91 Å². The van der Waals surface area contributed by atoms with Gasteiger partial charge in [-0.1, -0.05) is 6.07 Å². The van der Waals surface area contributed by atoms with E-state index < -0.39 is 0 Å². The molecule has 0 unspecified atom stereocenters. The second kappa shape index (κ2) is 7.48. The third-order valence-electron chi connectivity index (χ3n) is 5.08. The molecule has 1 N–H and O–H groups in total. The SMILES string of the molecule is Cc1ccc(C(=O)NC2CCN(Cc3ccc(F)c4cccnc34)CC2)o1. The lowest BCUT2D eigenvalue weighted by Crippen LogP contribution is -2.44. The van der Waals surface area contributed by atoms with E-state index in [2.05, 4.69) is 15.2 Å². The van der Waals surface area contributed by atoms with Crippen molar-refractivity contribution in [1.82, 2.24) is 15.2 Å². The minimum atomic E-state index is -0.239. The minimum absolute atomic E-state index is 0.141. The van der Waals surface area contributed by atoms with E-state index >= 15 is 0 Å². The first kappa shape index (κ1) is 17.7. The fourth-order valence-corrected chi connectivity index (χ4v) is 3.61. The fourth-order valence-electron chi connectivity index (χ4n) is 3.61. The molecular formula is C21H22FN3O2. The number of pyridine rings is 1. The summed E-state index contributed by atoms with van der Waals surface area (Å²) < 4.78 is 19.3. The van der Waals surface area contributed by atoms with E-state index in [0.29, 0.717) is 11.1 Å². The van der Waals surface area contributed by atoms with Gasteiger partial charge in [-0.05, 0) is 55.7 Å². The van der Waals surface area contributed by atoms with Crippen molar-refractivity contribution in [2.45, 2.75) is 32.4 Å². The van der Waals surface area contributed by atoms with Crippen molar-refractivity contribution in [3.63, 3.8) is 0 Å². The Kier molecular flexibility index (Phi) is 4.90. The molecule has 0 spiro atoms. The van der Waals surface area contributed by atoms with Crippen LogP contribution in [0, 0.1) is 12.7 Å². The number of nitrogens with zero attached hydrogens (tertiary/aromatic N) is 2. The van der Waals surface area contributed by atoms with Gasteiger partial charge < -0.3 is 9.73 Å². The summed E-state index contributed by atoms with van der Waals surface area (Å²) in [5, 5.41) is 3.61. The molecule has 6 heteroatoms. The van der Waals surface area contributed by atoms with Crippen LogP contribution in [0.2, 0.25) is 0 Å². The Balaban J connectivity index is 1.36. The molecule has 27 heavy (non-hydrogen) atoms. The number of halogens is 1. The number of rotatable bonds is 4. The number of aromatic nitrogens is 1. The predicted octanol–water partition coefficient (Wildman–Crippen LogP) is 3.67. The monoisotopic (exact) mass is 367 g/mol. The van der Waals surface area contributed by atoms with Gasteiger partial charge >= 0.3 is 0 Å². The van der Waals surface area contributed by atoms with Crippen LogP contribution in [-0.4, -0.2) is 34.9 Å². The van der Waals surface area contributed by atoms with E-state index in [1.165, 1.54) is 6.07 Å². The van der Waals surface area contributed by atoms with Crippen LogP contribution < -0.4 is 5.32 Å². The summed E-state index contributed by atoms with van der Waals surface area (Å²) in [6, 6.07) is 10.5. The molecule has 1 saturated heterocycles. The van der Waals surface area contributed by atoms with Crippen molar-refractivity contribution in [3.05, 3.63) is 65.5 Å². The highest BCUT2D eigenvalue weighted by atomic mass is 19.1. The van der Waals surface area contributed by atoms with Crippen molar-refractivity contribution in [2.75, 3.05) is 13.1 Å². The molecule has 0 saturated carbocycles. The smallest absolute Gasteiger partial charge is 0.287 e. The van der Waals surface area contributed by atoms with E-state index in [9.17, 15) is 9.18 Å². The molecule has 1 fully saturated rings. The Morgan fingerprint density at radius 2 is 2.07 bits per heavy atom. The Morgan fingerprint density at radius 3 is 2.81 bits per heavy atom. The molecule has 5 nitrogen and oxygen atoms in total. The van der Waals surface area contributed by atoms with Gasteiger partial charge in [0.1, 0.15) is 11.6 Å². The first-order valence-corrected chi connectivity index (χ1v) is 9.22. The van der Waals surface area contributed by atoms with Crippen molar-refractivity contribution < 1.29 is 13.6 Å². The molecule has 140 valence electrons. The van der Waals surface area contributed by atoms with E-state index in [4.69, 9.17) is 4.42 Å². The normalized spacial score (nSPS) is 15.9. The zero-order chi connectivity index (χ0) is 18.8. The van der Waals surface area contributed by atoms with Crippen LogP contribution >= 0.6 is 0 Å². The van der Waals surface area contributed by atoms with Crippen LogP contribution in [0.1, 0.15) is 34.7 Å². The number of aryl methyl sites for hydroxylation is 1. The lowest BCUT2D eigenvalue weighted by Gasteiger charge is -2.32. The number of carbonyl (C=O) groups is 1. The van der Waals surface area contributed by atoms with Gasteiger partial charge in [-0.25, -0.2) is 4.39 Å². The van der Waals surface area contributed by atoms with E-state index in [1.807, 2.05) is 13.0 Å². The third kappa shape index (κ3) is 3.85. The Bertz CT molecular complexity index is 961. The average Bonchev–Trinajstić information content (AvgIpc) is 3.12. The van der Waals surface area contributed by atoms with Crippen LogP contribution in [0.3, 0.4) is 0 Å². The minimum Gasteiger partial charge on any atom is -0.456 e. The maximum Gasteiger partial charge on any atom is 0.287 e. The molecule has 3 aromatic rings. The van der Waals surface area contributed by atoms with Crippen LogP contribution in [0.25, 0.3) is 10.9 Å². The second-order valence-electron chi connectivity index (χ2n) is 7.04. The molecule has 0 bridgehead atoms. The number of hydrogen-bond donors (Lipinski definition) is 1. The summed E-state index contributed by atoms with van der Waals surface area (Å²) in [6.45, 7) is 4.29. The summed E-state index contributed by atoms with van der Waals surface area (Å²) in [5.74, 6) is 0.695. The number of amides is 1. The maximum atomic E-state index is 14.0. The van der Waals surface area contributed by atoms with Gasteiger partial charge in [0.05, 0.1) is 5.52 Å². The molecule has 1 aliphatic rings. The van der Waals surface area contributed by atoms with Gasteiger partial charge in [0, 0.05) is 37.3 Å². The van der Waals surface area contributed by atoms with Crippen LogP contribution in [0.4, 0.5) is 4.39 Å². The van der Waals surface area contributed by atoms with Gasteiger partial charge in [0.2, 0.25) is 0 Å². The van der Waals surface area contributed by atoms with Crippen LogP contribution in [-0.2, 0) is 6.54 Å². The number of fused-ring (bicyclic) bond motifs is 1. The second-order valence-corrected chi connectivity index (χ2v) is 7.04. The Hall–Kier alpha value is -2.73. The number of furan rings is 1. The standard InChI is InChI=1S/C21H22FN3O2/c1-14-4-7-19(27-14)21(26)24-16-8-11-25(12-9-16)13-15-5-6-18(22)17-3-2-10-23-20(15)17/h2-7,10,16H,8-9,11-13H2,1H3,(H,24,26). The number of carbonyl (C=O) groups excluding carboxylic acids is 1. The fraction of sp³-hybridized carbons (Fsp3) is 0.333. The summed E-state index contributed by atoms with van der Waals surface area (Å²) in [6.07, 6.45) is 3.44. The zero-order valence-electron chi connectivity index (χ0n) is 15.2. The molecule has 2 aromatic heterocycles. The van der Waals surface area contributed by atoms with Gasteiger partial charge in [-0.2, -0.15) is 0 Å². The molecular weight excluding hydrogens is 345 g/mol. The predicted molar refractivity (Wildman–Crippen MR) is 101 cm³/mol. The van der Waals surface area contributed by atoms with E-state index in [0.717, 1.165) is 49.3 Å². The van der Waals surface area contributed by atoms with Gasteiger partial charge in [0.15, 0.2) is 5.76 Å². The molecule has 3 heterocycles. The molecule has 4 rings (SSSR count). The van der Waals surface area contributed by atoms with Crippen molar-refractivity contribution in [3.8, 4) is 0 Å². The van der Waals surface area contributed by atoms with Crippen LogP contribution in [0.15, 0.2) is 47.0 Å². The summed E-state index contributed by atoms with van der Waals surface area (Å²) in [4.78, 5) is 18.9. The molecule has 0 radical (unpaired) electrons. The summed E-state index contributed by atoms with van der Waals surface area (Å²) in [5.41, 5.74) is 1.75. The molecule has 1 amide bonds. The quantitative estimate of drug-likeness (QED) is 0.764.